The molecule has 11 nitrogen and oxygen atoms in total. The van der Waals surface area contributed by atoms with Crippen molar-refractivity contribution >= 4 is 11.9 Å². The van der Waals surface area contributed by atoms with E-state index in [1.165, 1.54) is 11.1 Å². The van der Waals surface area contributed by atoms with Gasteiger partial charge in [-0.25, -0.2) is 9.97 Å². The molecule has 11 heteroatoms. The first kappa shape index (κ1) is 22.2. The minimum atomic E-state index is -0.0908. The zero-order valence-corrected chi connectivity index (χ0v) is 20.5. The largest absolute Gasteiger partial charge is 0.424 e. The van der Waals surface area contributed by atoms with Crippen LogP contribution in [-0.2, 0) is 30.5 Å². The van der Waals surface area contributed by atoms with Crippen LogP contribution in [0.5, 0.6) is 0 Å². The number of hydrogen-bond acceptors (Lipinski definition) is 10. The molecule has 1 aromatic carbocycles. The number of benzene rings is 1. The minimum Gasteiger partial charge on any atom is -0.424 e. The number of carbonyl (C=O) groups excluding carboxylic acids is 1. The highest BCUT2D eigenvalue weighted by Crippen LogP contribution is 2.35. The van der Waals surface area contributed by atoms with Crippen LogP contribution in [0.4, 0.5) is 5.95 Å². The fourth-order valence-corrected chi connectivity index (χ4v) is 5.83. The van der Waals surface area contributed by atoms with Gasteiger partial charge in [0.2, 0.25) is 23.6 Å². The zero-order valence-electron chi connectivity index (χ0n) is 20.5. The smallest absolute Gasteiger partial charge is 0.232 e. The Morgan fingerprint density at radius 3 is 2.78 bits per heavy atom. The summed E-state index contributed by atoms with van der Waals surface area (Å²) in [6.45, 7) is 1.19. The summed E-state index contributed by atoms with van der Waals surface area (Å²) in [5, 5.41) is 12.1. The van der Waals surface area contributed by atoms with Gasteiger partial charge in [-0.05, 0) is 48.8 Å². The number of nitrogens with zero attached hydrogens (tertiary/aromatic N) is 5. The Hall–Kier alpha value is -3.99. The Kier molecular flexibility index (Phi) is 5.49. The highest BCUT2D eigenvalue weighted by Gasteiger charge is 2.31. The van der Waals surface area contributed by atoms with Crippen LogP contribution in [0.2, 0.25) is 0 Å². The lowest BCUT2D eigenvalue weighted by molar-refractivity contribution is -0.130. The Bertz CT molecular complexity index is 1360. The first-order valence-corrected chi connectivity index (χ1v) is 13.0. The number of amides is 1. The Morgan fingerprint density at radius 1 is 1.08 bits per heavy atom. The normalized spacial score (nSPS) is 20.6. The fourth-order valence-electron chi connectivity index (χ4n) is 5.83. The van der Waals surface area contributed by atoms with E-state index < -0.39 is 0 Å². The quantitative estimate of drug-likeness (QED) is 0.409. The molecule has 2 aromatic heterocycles. The van der Waals surface area contributed by atoms with Gasteiger partial charge < -0.3 is 25.5 Å². The summed E-state index contributed by atoms with van der Waals surface area (Å²) in [6.07, 6.45) is 7.56. The number of rotatable bonds is 5. The summed E-state index contributed by atoms with van der Waals surface area (Å²) in [5.41, 5.74) is 15.9. The molecule has 0 unspecified atom stereocenters. The van der Waals surface area contributed by atoms with Gasteiger partial charge in [-0.1, -0.05) is 24.3 Å². The van der Waals surface area contributed by atoms with E-state index in [1.54, 1.807) is 0 Å². The van der Waals surface area contributed by atoms with E-state index in [0.29, 0.717) is 30.8 Å². The first-order valence-electron chi connectivity index (χ1n) is 13.0. The topological polar surface area (TPSA) is 133 Å². The summed E-state index contributed by atoms with van der Waals surface area (Å²) in [4.78, 5) is 24.3. The molecule has 0 fully saturated rings. The van der Waals surface area contributed by atoms with Gasteiger partial charge in [0.15, 0.2) is 0 Å². The van der Waals surface area contributed by atoms with Crippen molar-refractivity contribution < 1.29 is 9.21 Å². The number of hydrazine groups is 2. The molecule has 37 heavy (non-hydrogen) atoms. The van der Waals surface area contributed by atoms with Gasteiger partial charge in [0, 0.05) is 25.2 Å². The third-order valence-corrected chi connectivity index (χ3v) is 7.76. The molecule has 2 aliphatic heterocycles. The predicted octanol–water partition coefficient (Wildman–Crippen LogP) is 1.51. The maximum atomic E-state index is 12.9. The molecule has 1 atom stereocenters. The van der Waals surface area contributed by atoms with E-state index in [1.807, 2.05) is 11.1 Å². The molecule has 2 aliphatic carbocycles. The number of aryl methyl sites for hydroxylation is 1. The molecule has 3 aromatic rings. The third-order valence-electron chi connectivity index (χ3n) is 7.76. The maximum absolute atomic E-state index is 12.9. The van der Waals surface area contributed by atoms with Crippen molar-refractivity contribution in [1.82, 2.24) is 41.5 Å². The average Bonchev–Trinajstić information content (AvgIpc) is 3.67. The summed E-state index contributed by atoms with van der Waals surface area (Å²) >= 11 is 0. The van der Waals surface area contributed by atoms with Crippen LogP contribution in [0.1, 0.15) is 59.3 Å². The zero-order chi connectivity index (χ0) is 24.8. The number of aromatic nitrogens is 4. The second-order valence-corrected chi connectivity index (χ2v) is 10.2. The molecule has 7 rings (SSSR count). The van der Waals surface area contributed by atoms with Crippen molar-refractivity contribution in [3.05, 3.63) is 76.0 Å². The van der Waals surface area contributed by atoms with Crippen molar-refractivity contribution in [3.63, 3.8) is 0 Å². The lowest BCUT2D eigenvalue weighted by atomic mass is 9.87. The fraction of sp³-hybridized carbons (Fsp3) is 0.423. The van der Waals surface area contributed by atoms with Crippen molar-refractivity contribution in [2.75, 3.05) is 18.4 Å². The van der Waals surface area contributed by atoms with Crippen molar-refractivity contribution in [2.24, 2.45) is 0 Å². The molecule has 1 amide bonds. The van der Waals surface area contributed by atoms with Crippen LogP contribution >= 0.6 is 0 Å². The lowest BCUT2D eigenvalue weighted by Gasteiger charge is -2.26. The van der Waals surface area contributed by atoms with Crippen molar-refractivity contribution in [3.8, 4) is 0 Å². The number of carbonyl (C=O) groups is 1. The van der Waals surface area contributed by atoms with Gasteiger partial charge in [-0.15, -0.1) is 10.2 Å². The molecular formula is C26H29N9O2. The summed E-state index contributed by atoms with van der Waals surface area (Å²) in [6, 6.07) is 8.85. The van der Waals surface area contributed by atoms with E-state index in [0.717, 1.165) is 61.2 Å². The third kappa shape index (κ3) is 4.29. The van der Waals surface area contributed by atoms with Gasteiger partial charge in [0.05, 0.1) is 29.6 Å². The van der Waals surface area contributed by atoms with E-state index in [2.05, 4.69) is 61.1 Å². The Labute approximate surface area is 214 Å². The molecule has 0 bridgehead atoms. The number of fused-ring (bicyclic) bond motifs is 2. The number of anilines is 1. The maximum Gasteiger partial charge on any atom is 0.232 e. The second kappa shape index (κ2) is 9.15. The lowest BCUT2D eigenvalue weighted by Crippen LogP contribution is -2.40. The molecule has 4 aliphatic rings. The molecule has 0 spiro atoms. The van der Waals surface area contributed by atoms with Gasteiger partial charge in [0.25, 0.3) is 0 Å². The van der Waals surface area contributed by atoms with Crippen LogP contribution in [-0.4, -0.2) is 50.1 Å². The van der Waals surface area contributed by atoms with Crippen molar-refractivity contribution in [2.45, 2.75) is 56.9 Å². The number of nitrogens with one attached hydrogen (secondary N) is 4. The van der Waals surface area contributed by atoms with Gasteiger partial charge in [-0.3, -0.25) is 4.79 Å². The van der Waals surface area contributed by atoms with E-state index >= 15 is 0 Å². The summed E-state index contributed by atoms with van der Waals surface area (Å²) in [7, 11) is 0. The first-order chi connectivity index (χ1) is 18.2. The van der Waals surface area contributed by atoms with Crippen molar-refractivity contribution in [1.29, 1.82) is 0 Å². The monoisotopic (exact) mass is 499 g/mol. The predicted molar refractivity (Wildman–Crippen MR) is 134 cm³/mol. The Morgan fingerprint density at radius 2 is 1.92 bits per heavy atom. The van der Waals surface area contributed by atoms with Crippen LogP contribution in [0.15, 0.2) is 46.3 Å². The molecule has 4 N–H and O–H groups in total. The standard InChI is InChI=1S/C26H29N9O2/c36-23(35-9-8-20-21(14-35)31-34-30-20)12-22-32-33-25(37-22)19-7-3-6-17-13-27-26(29-24(17)19)28-18-10-15-4-1-2-5-16(15)11-18/h1-2,4-5,13,18-19,30-31,34H,3,6-12,14H2,(H,27,28,29)/t19-/m1/s1. The van der Waals surface area contributed by atoms with Gasteiger partial charge >= 0.3 is 0 Å². The Balaban J connectivity index is 1.05. The summed E-state index contributed by atoms with van der Waals surface area (Å²) < 4.78 is 6.04. The van der Waals surface area contributed by atoms with Gasteiger partial charge in [-0.2, -0.15) is 5.53 Å². The highest BCUT2D eigenvalue weighted by atomic mass is 16.4. The average molecular weight is 500 g/mol. The minimum absolute atomic E-state index is 0.0223. The van der Waals surface area contributed by atoms with E-state index in [-0.39, 0.29) is 24.3 Å². The van der Waals surface area contributed by atoms with Gasteiger partial charge in [0.1, 0.15) is 6.42 Å². The summed E-state index contributed by atoms with van der Waals surface area (Å²) in [5.74, 6) is 1.40. The SMILES string of the molecule is O=C(Cc1nnc([C@@H]2CCCc3cnc(NC4Cc5ccccc5C4)nc32)o1)N1CCC2=C(C1)NNN2. The van der Waals surface area contributed by atoms with E-state index in [4.69, 9.17) is 9.40 Å². The highest BCUT2D eigenvalue weighted by molar-refractivity contribution is 5.78. The van der Waals surface area contributed by atoms with Crippen LogP contribution < -0.4 is 21.7 Å². The molecular weight excluding hydrogens is 470 g/mol. The molecule has 0 radical (unpaired) electrons. The molecule has 4 heterocycles. The number of hydrogen-bond donors (Lipinski definition) is 4. The molecule has 0 saturated heterocycles. The van der Waals surface area contributed by atoms with E-state index in [9.17, 15) is 4.79 Å². The van der Waals surface area contributed by atoms with Crippen LogP contribution in [0, 0.1) is 0 Å². The van der Waals surface area contributed by atoms with Crippen LogP contribution in [0.25, 0.3) is 0 Å². The van der Waals surface area contributed by atoms with Crippen LogP contribution in [0.3, 0.4) is 0 Å². The molecule has 0 saturated carbocycles. The second-order valence-electron chi connectivity index (χ2n) is 10.2. The molecule has 190 valence electrons.